The Morgan fingerprint density at radius 3 is 1.35 bits per heavy atom. The van der Waals surface area contributed by atoms with Crippen LogP contribution in [-0.4, -0.2) is 89.3 Å². The van der Waals surface area contributed by atoms with Crippen LogP contribution in [-0.2, 0) is 28.9 Å². The van der Waals surface area contributed by atoms with Gasteiger partial charge in [0.2, 0.25) is 0 Å². The number of aliphatic hydroxyl groups excluding tert-OH is 1. The van der Waals surface area contributed by atoms with Gasteiger partial charge >= 0.3 is 36.1 Å². The van der Waals surface area contributed by atoms with E-state index in [4.69, 9.17) is 114 Å². The third-order valence-electron chi connectivity index (χ3n) is 12.8. The normalized spacial score (nSPS) is 14.0. The second kappa shape index (κ2) is 54.8. The number of para-hydroxylation sites is 5. The van der Waals surface area contributed by atoms with Crippen LogP contribution in [0, 0.1) is 13.8 Å². The zero-order valence-electron chi connectivity index (χ0n) is 84.0. The minimum absolute atomic E-state index is 0. The number of phenols is 2. The third-order valence-corrected chi connectivity index (χ3v) is 13.8. The van der Waals surface area contributed by atoms with E-state index in [1.807, 2.05) is 70.2 Å². The molecule has 5 aromatic heterocycles. The summed E-state index contributed by atoms with van der Waals surface area (Å²) in [5.41, 5.74) is 3.72. The zero-order valence-corrected chi connectivity index (χ0v) is 66.5. The maximum absolute atomic E-state index is 13.0. The van der Waals surface area contributed by atoms with Crippen molar-refractivity contribution in [2.75, 3.05) is 5.33 Å². The molecule has 0 bridgehead atoms. The summed E-state index contributed by atoms with van der Waals surface area (Å²) in [4.78, 5) is 72.1. The smallest absolute Gasteiger partial charge is 0.265 e. The number of Topliss-reactive ketones (excluding diaryl/α,β-unsaturated/α-hetero) is 2. The molecule has 0 unspecified atom stereocenters. The molecule has 0 saturated carbocycles. The number of alkyl halides is 1. The number of allylic oxidation sites excluding steroid dienone is 5. The van der Waals surface area contributed by atoms with Gasteiger partial charge in [0.05, 0.1) is 62.6 Å². The van der Waals surface area contributed by atoms with Gasteiger partial charge in [-0.3, -0.25) is 44.3 Å². The summed E-state index contributed by atoms with van der Waals surface area (Å²) in [6.45, 7) is 12.2. The second-order valence-electron chi connectivity index (χ2n) is 20.4. The van der Waals surface area contributed by atoms with E-state index in [1.54, 1.807) is 49.6 Å². The monoisotopic (exact) mass is 1710 g/mol. The van der Waals surface area contributed by atoms with Crippen molar-refractivity contribution in [2.45, 2.75) is 67.7 Å². The molecule has 0 spiro atoms. The average Bonchev–Trinajstić information content (AvgIpc) is 1.62. The molecular formula is C84H81AlBBrCl5N2O15S. The molecule has 8 aromatic carbocycles. The summed E-state index contributed by atoms with van der Waals surface area (Å²) in [5.74, 6) is -1.00. The first-order valence-corrected chi connectivity index (χ1v) is 38.3. The minimum Gasteiger partial charge on any atom is -0.265 e. The number of nitrogens with zero attached hydrogens (tertiary/aromatic N) is 2. The molecule has 14 rings (SSSR count). The van der Waals surface area contributed by atoms with Crippen molar-refractivity contribution >= 4 is 180 Å². The van der Waals surface area contributed by atoms with E-state index in [9.17, 15) is 33.9 Å². The fraction of sp³-hybridized carbons (Fsp3) is 0.131. The molecule has 1 radical (unpaired) electrons. The van der Waals surface area contributed by atoms with E-state index >= 15 is 0 Å². The first-order valence-electron chi connectivity index (χ1n) is 43.6. The van der Waals surface area contributed by atoms with Gasteiger partial charge in [0.1, 0.15) is 56.9 Å². The number of aromatic nitrogens is 1. The summed E-state index contributed by atoms with van der Waals surface area (Å²) in [7, 11) is 19.2. The zero-order chi connectivity index (χ0) is 102. The molecule has 0 fully saturated rings. The predicted molar refractivity (Wildman–Crippen MR) is 454 cm³/mol. The number of benzene rings is 8. The first kappa shape index (κ1) is 62.0. The standard InChI is InChI=1S/C18H16O2.C17H14O3.C10H8O2.C10H10O.C8H7ClO.C7H6O2.C6H6O.C5H5N.C3H5BrO.Al.BHNS.4ClH.H2O2/c1-3-15-17(14-6-4-5-7-16(14)20-15)18(19)13-10-8-12(2)9-11-13;1-2-14-16(13-5-3-4-6-15(13)20-14)17(19)11-7-9-12(18)10-8-11;1-7(11)10-6-8-4-2-3-5-9(8)12-10;1-2-9-7-8-5-3-4-6-10(8)11-9;1-6-2-4-7(5-3-6)8(9)10;8-5-6-3-1-2-4-7(6)9;7-6-4-2-1-3-5-6;1-2-4-6-5-3-1;1-3(5)2-4;;1-2-3;;;;;1-2/h4-11H,3H2,1-2H3;3-10,18H,2H2,1H3;2-6H,1H3;3-7H,2H2,1H3;2-5H,1H3;1-5,8H;1-5,7H;1-5H;2H2,1H3;;3H;4*1H;1-2H/q;;;;;;;;;+3;;;;;;/p-3/i4D,5D,6D,7D;3D,4D,5D,6D;2D,3D,4D,5D;3D,4D,5D,6D;;1D,2D,3D,4D;1D,2D,3D,4D,5D;;;;;;;;;. The van der Waals surface area contributed by atoms with Crippen LogP contribution < -0.4 is 0 Å². The van der Waals surface area contributed by atoms with Gasteiger partial charge in [-0.05, 0) is 141 Å². The number of carbonyl (C=O) groups excluding carboxylic acids is 6. The number of aromatic hydroxyl groups is 2. The average molecular weight is 1710 g/mol. The Morgan fingerprint density at radius 2 is 0.964 bits per heavy atom. The maximum atomic E-state index is 13.0. The summed E-state index contributed by atoms with van der Waals surface area (Å²) in [5, 5.41) is 39.9. The minimum atomic E-state index is -1.72. The number of furan rings is 4. The molecule has 0 atom stereocenters. The van der Waals surface area contributed by atoms with Gasteiger partial charge < -0.3 is 33.0 Å². The molecule has 1 aliphatic rings. The second-order valence-corrected chi connectivity index (χ2v) is 28.0. The number of fused-ring (bicyclic) bond motifs is 4. The fourth-order valence-electron chi connectivity index (χ4n) is 7.89. The Labute approximate surface area is 716 Å². The fourth-order valence-corrected chi connectivity index (χ4v) is 8.01. The van der Waals surface area contributed by atoms with Crippen LogP contribution in [0.4, 0.5) is 0 Å². The molecule has 1 aliphatic carbocycles. The Hall–Kier alpha value is -9.69. The van der Waals surface area contributed by atoms with Gasteiger partial charge in [-0.25, -0.2) is 30.1 Å². The Morgan fingerprint density at radius 1 is 0.573 bits per heavy atom. The van der Waals surface area contributed by atoms with Gasteiger partial charge in [-0.2, -0.15) is 0 Å². The van der Waals surface area contributed by atoms with Gasteiger partial charge in [-0.1, -0.05) is 193 Å². The number of pyridine rings is 1. The number of hydrogen-bond acceptors (Lipinski definition) is 18. The Balaban J connectivity index is 0.000000522. The number of aryl methyl sites for hydroxylation is 5. The van der Waals surface area contributed by atoms with E-state index in [-0.39, 0.29) is 175 Å². The van der Waals surface area contributed by atoms with Gasteiger partial charge in [0.15, 0.2) is 28.9 Å². The number of carbonyl (C=O) groups is 6. The Bertz CT molecular complexity index is 6180. The molecule has 571 valence electrons. The number of ketones is 5. The van der Waals surface area contributed by atoms with Crippen LogP contribution in [0.25, 0.3) is 43.9 Å². The van der Waals surface area contributed by atoms with Crippen molar-refractivity contribution in [3.8, 4) is 11.5 Å². The largest absolute Gasteiger partial charge is 0.643 e. The van der Waals surface area contributed by atoms with E-state index in [0.717, 1.165) is 11.1 Å². The Kier molecular flexibility index (Phi) is 30.9. The van der Waals surface area contributed by atoms with E-state index in [0.29, 0.717) is 70.2 Å². The summed E-state index contributed by atoms with van der Waals surface area (Å²) >= 11 is 9.65. The van der Waals surface area contributed by atoms with Gasteiger partial charge in [0.25, 0.3) is 5.24 Å². The van der Waals surface area contributed by atoms with Crippen molar-refractivity contribution in [2.24, 2.45) is 4.30 Å². The molecule has 26 heteroatoms. The number of thiol groups is 1. The molecule has 0 amide bonds. The van der Waals surface area contributed by atoms with Crippen LogP contribution in [0.2, 0.25) is 0 Å². The van der Waals surface area contributed by atoms with Crippen LogP contribution in [0.1, 0.15) is 150 Å². The van der Waals surface area contributed by atoms with Crippen LogP contribution >= 0.6 is 82.9 Å². The summed E-state index contributed by atoms with van der Waals surface area (Å²) < 4.78 is 212. The molecule has 5 heterocycles. The van der Waals surface area contributed by atoms with Gasteiger partial charge in [0, 0.05) is 76.8 Å². The van der Waals surface area contributed by atoms with E-state index in [1.165, 1.54) is 44.2 Å². The molecular weight excluding hydrogens is 1600 g/mol. The van der Waals surface area contributed by atoms with Crippen LogP contribution in [0.3, 0.4) is 0 Å². The number of rotatable bonds is 10. The summed E-state index contributed by atoms with van der Waals surface area (Å²) in [6.07, 6.45) is 5.35. The van der Waals surface area contributed by atoms with Crippen molar-refractivity contribution in [3.05, 3.63) is 340 Å². The quantitative estimate of drug-likeness (QED) is 0.00854. The molecule has 0 saturated heterocycles. The van der Waals surface area contributed by atoms with Crippen LogP contribution in [0.5, 0.6) is 11.5 Å². The number of phenolic OH excluding ortho intramolecular Hbond substituents is 2. The molecule has 110 heavy (non-hydrogen) atoms. The van der Waals surface area contributed by atoms with Gasteiger partial charge in [-0.15, -0.1) is 12.4 Å². The SMILES string of the molecule is CC(=O)CBr.Cc1ccc(C(=O)Cl)cc1.Cl.OO.[2H]C1=C([2H])C([2H])=C([2H])C(=CO)C1=O.[2H]c1c([2H])c([2H])c(O)c([2H])c1[2H].[2H]c1c([2H])c([2H])c2c(C(=O)c3ccc(C)cc3)c(CC)oc2c1[2H].[2H]c1c([2H])c([2H])c2c(C(=O)c3ccc(O)cc3)c(CC)oc2c1[2H].[2H]c1c([2H])c([2H])c2oc(C(C)=O)cc2c1[2H].[2H]c1c([2H])c([2H])c2oc(CC)cc2c1[2H].[B]=NS.[Cl][Al]([Cl])[Cl].c1ccncc1. The maximum Gasteiger partial charge on any atom is 0.643 e. The van der Waals surface area contributed by atoms with E-state index < -0.39 is 106 Å². The van der Waals surface area contributed by atoms with E-state index in [2.05, 4.69) is 45.7 Å². The number of hydrogen-bond donors (Lipinski definition) is 6. The van der Waals surface area contributed by atoms with Crippen molar-refractivity contribution < 1.29 is 107 Å². The van der Waals surface area contributed by atoms with Crippen molar-refractivity contribution in [3.63, 3.8) is 0 Å². The number of halogens is 6. The topological polar surface area (TPSA) is 281 Å². The molecule has 13 aromatic rings. The first-order chi connectivity index (χ1) is 62.8. The molecule has 5 N–H and O–H groups in total. The van der Waals surface area contributed by atoms with Crippen molar-refractivity contribution in [1.29, 1.82) is 0 Å². The predicted octanol–water partition coefficient (Wildman–Crippen LogP) is 23.3. The number of aliphatic hydroxyl groups is 1. The summed E-state index contributed by atoms with van der Waals surface area (Å²) in [6, 6.07) is 19.3. The molecule has 0 aliphatic heterocycles. The molecule has 17 nitrogen and oxygen atoms in total. The van der Waals surface area contributed by atoms with Crippen molar-refractivity contribution in [1.82, 2.24) is 4.98 Å². The van der Waals surface area contributed by atoms with Crippen LogP contribution in [0.15, 0.2) is 300 Å². The third kappa shape index (κ3) is 34.9.